The first-order chi connectivity index (χ1) is 26.5. The second kappa shape index (κ2) is 20.9. The monoisotopic (exact) mass is 752 g/mol. The second-order valence-corrected chi connectivity index (χ2v) is 15.3. The molecule has 3 N–H and O–H groups in total. The molecule has 11 heteroatoms. The predicted octanol–water partition coefficient (Wildman–Crippen LogP) is 7.06. The molecule has 0 spiro atoms. The minimum Gasteiger partial charge on any atom is -0.443 e. The number of alkyl carbamates (subject to hydrolysis) is 1. The Kier molecular flexibility index (Phi) is 15.8. The van der Waals surface area contributed by atoms with Gasteiger partial charge in [-0.15, -0.1) is 0 Å². The number of hydrogen-bond donors (Lipinski definition) is 3. The Balaban J connectivity index is 0.000000504. The topological polar surface area (TPSA) is 135 Å². The summed E-state index contributed by atoms with van der Waals surface area (Å²) in [7, 11) is 0. The normalized spacial score (nSPS) is 18.8. The first kappa shape index (κ1) is 41.5. The maximum atomic E-state index is 13.0. The third-order valence-electron chi connectivity index (χ3n) is 10.1. The maximum absolute atomic E-state index is 13.0. The lowest BCUT2D eigenvalue weighted by molar-refractivity contribution is -0.384. The van der Waals surface area contributed by atoms with Gasteiger partial charge in [-0.3, -0.25) is 15.0 Å². The molecule has 5 atom stereocenters. The summed E-state index contributed by atoms with van der Waals surface area (Å²) in [5, 5.41) is 27.9. The minimum atomic E-state index is -0.802. The van der Waals surface area contributed by atoms with Crippen LogP contribution in [0.1, 0.15) is 48.9 Å². The molecule has 0 radical (unpaired) electrons. The molecule has 0 saturated carbocycles. The lowest BCUT2D eigenvalue weighted by atomic mass is 9.88. The summed E-state index contributed by atoms with van der Waals surface area (Å²) in [6.07, 6.45) is 0.334. The molecule has 2 heterocycles. The molecule has 2 aliphatic heterocycles. The average Bonchev–Trinajstić information content (AvgIpc) is 3.80. The molecule has 55 heavy (non-hydrogen) atoms. The Hall–Kier alpha value is -4.65. The molecule has 0 aliphatic carbocycles. The summed E-state index contributed by atoms with van der Waals surface area (Å²) in [4.78, 5) is 25.2. The van der Waals surface area contributed by atoms with Crippen LogP contribution in [-0.2, 0) is 33.7 Å². The molecule has 0 unspecified atom stereocenters. The summed E-state index contributed by atoms with van der Waals surface area (Å²) in [6.45, 7) is 11.1. The number of aliphatic hydroxyl groups is 1. The molecule has 2 saturated heterocycles. The molecule has 4 aromatic carbocycles. The number of aliphatic hydroxyl groups excluding tert-OH is 1. The van der Waals surface area contributed by atoms with Crippen molar-refractivity contribution in [1.82, 2.24) is 15.5 Å². The third-order valence-corrected chi connectivity index (χ3v) is 10.1. The number of carbonyl (C=O) groups excluding carboxylic acids is 1. The Bertz CT molecular complexity index is 1700. The zero-order valence-corrected chi connectivity index (χ0v) is 32.2. The van der Waals surface area contributed by atoms with E-state index in [9.17, 15) is 20.0 Å². The molecule has 0 aromatic heterocycles. The number of nitrogens with one attached hydrogen (secondary N) is 2. The summed E-state index contributed by atoms with van der Waals surface area (Å²) in [5.74, 6) is 0.0634. The highest BCUT2D eigenvalue weighted by Gasteiger charge is 2.44. The molecule has 294 valence electrons. The Labute approximate surface area is 325 Å². The molecule has 2 aliphatic rings. The highest BCUT2D eigenvalue weighted by molar-refractivity contribution is 5.68. The van der Waals surface area contributed by atoms with Gasteiger partial charge < -0.3 is 30.0 Å². The van der Waals surface area contributed by atoms with Gasteiger partial charge in [0, 0.05) is 38.3 Å². The first-order valence-corrected chi connectivity index (χ1v) is 19.2. The van der Waals surface area contributed by atoms with Crippen LogP contribution in [0, 0.1) is 28.4 Å². The molecule has 0 bridgehead atoms. The van der Waals surface area contributed by atoms with Crippen LogP contribution in [0.25, 0.3) is 0 Å². The van der Waals surface area contributed by atoms with Gasteiger partial charge in [0.2, 0.25) is 0 Å². The van der Waals surface area contributed by atoms with Crippen LogP contribution in [0.5, 0.6) is 0 Å². The number of aryl methyl sites for hydroxylation is 1. The van der Waals surface area contributed by atoms with E-state index in [4.69, 9.17) is 14.2 Å². The van der Waals surface area contributed by atoms with E-state index in [0.717, 1.165) is 50.1 Å². The molecule has 6 rings (SSSR count). The molecule has 11 nitrogen and oxygen atoms in total. The van der Waals surface area contributed by atoms with Crippen LogP contribution >= 0.6 is 0 Å². The average molecular weight is 753 g/mol. The van der Waals surface area contributed by atoms with Gasteiger partial charge in [0.15, 0.2) is 6.29 Å². The van der Waals surface area contributed by atoms with Crippen LogP contribution in [0.3, 0.4) is 0 Å². The Morgan fingerprint density at radius 1 is 0.927 bits per heavy atom. The van der Waals surface area contributed by atoms with Gasteiger partial charge in [-0.2, -0.15) is 0 Å². The minimum absolute atomic E-state index is 0.00496. The summed E-state index contributed by atoms with van der Waals surface area (Å²) in [6, 6.07) is 37.1. The van der Waals surface area contributed by atoms with Crippen LogP contribution in [-0.4, -0.2) is 78.4 Å². The number of nitrogens with zero attached hydrogens (tertiary/aromatic N) is 2. The van der Waals surface area contributed by atoms with Crippen molar-refractivity contribution in [3.8, 4) is 0 Å². The fourth-order valence-electron chi connectivity index (χ4n) is 6.91. The highest BCUT2D eigenvalue weighted by atomic mass is 16.7. The van der Waals surface area contributed by atoms with Gasteiger partial charge >= 0.3 is 6.09 Å². The maximum Gasteiger partial charge on any atom is 0.407 e. The summed E-state index contributed by atoms with van der Waals surface area (Å²) in [5.41, 5.74) is 4.70. The number of benzene rings is 4. The van der Waals surface area contributed by atoms with Gasteiger partial charge in [-0.1, -0.05) is 117 Å². The smallest absolute Gasteiger partial charge is 0.407 e. The van der Waals surface area contributed by atoms with Crippen LogP contribution < -0.4 is 10.6 Å². The largest absolute Gasteiger partial charge is 0.443 e. The van der Waals surface area contributed by atoms with Crippen LogP contribution in [0.2, 0.25) is 0 Å². The van der Waals surface area contributed by atoms with E-state index in [-0.39, 0.29) is 29.4 Å². The van der Waals surface area contributed by atoms with Crippen LogP contribution in [0.4, 0.5) is 10.5 Å². The van der Waals surface area contributed by atoms with E-state index in [1.54, 1.807) is 12.1 Å². The predicted molar refractivity (Wildman–Crippen MR) is 213 cm³/mol. The number of nitro benzene ring substituents is 1. The van der Waals surface area contributed by atoms with Crippen molar-refractivity contribution in [3.05, 3.63) is 148 Å². The lowest BCUT2D eigenvalue weighted by Gasteiger charge is -2.31. The van der Waals surface area contributed by atoms with Crippen molar-refractivity contribution in [2.45, 2.75) is 77.7 Å². The van der Waals surface area contributed by atoms with E-state index in [0.29, 0.717) is 26.2 Å². The Morgan fingerprint density at radius 2 is 1.55 bits per heavy atom. The number of rotatable bonds is 17. The standard InChI is InChI=1S/C37H49N3O5.C7H7NO2/c1-37(2,19-20-40(24-29-14-8-4-9-15-29)25-30-16-10-5-11-17-30)27-38-23-33(41)32(22-28-12-6-3-7-13-28)39-36(42)45-34-26-44-35-31(34)18-21-43-35;1-6-3-2-4-7(5-6)8(9)10/h3-17,31-35,38,41H,18-27H2,1-2H3,(H,39,42);2-5H,1H3/t31-,32-,33+,34-,35+;/m0./s1. The van der Waals surface area contributed by atoms with Crippen molar-refractivity contribution in [2.75, 3.05) is 32.8 Å². The van der Waals surface area contributed by atoms with Crippen molar-refractivity contribution < 1.29 is 29.0 Å². The number of amides is 1. The van der Waals surface area contributed by atoms with Gasteiger partial charge in [0.25, 0.3) is 5.69 Å². The molecule has 1 amide bonds. The van der Waals surface area contributed by atoms with Gasteiger partial charge in [-0.05, 0) is 60.4 Å². The first-order valence-electron chi connectivity index (χ1n) is 19.2. The number of non-ortho nitro benzene ring substituents is 1. The van der Waals surface area contributed by atoms with E-state index in [2.05, 4.69) is 90.0 Å². The van der Waals surface area contributed by atoms with Crippen molar-refractivity contribution in [2.24, 2.45) is 11.3 Å². The molecule has 2 fully saturated rings. The van der Waals surface area contributed by atoms with Gasteiger partial charge in [0.1, 0.15) is 6.10 Å². The molecule has 4 aromatic rings. The number of ether oxygens (including phenoxy) is 3. The van der Waals surface area contributed by atoms with Gasteiger partial charge in [0.05, 0.1) is 36.2 Å². The van der Waals surface area contributed by atoms with Crippen molar-refractivity contribution in [1.29, 1.82) is 0 Å². The van der Waals surface area contributed by atoms with E-state index < -0.39 is 23.2 Å². The van der Waals surface area contributed by atoms with E-state index in [1.807, 2.05) is 43.3 Å². The second-order valence-electron chi connectivity index (χ2n) is 15.3. The Morgan fingerprint density at radius 3 is 2.13 bits per heavy atom. The quantitative estimate of drug-likeness (QED) is 0.0766. The van der Waals surface area contributed by atoms with E-state index in [1.165, 1.54) is 17.2 Å². The third kappa shape index (κ3) is 13.9. The zero-order chi connectivity index (χ0) is 39.0. The number of hydrogen-bond acceptors (Lipinski definition) is 9. The van der Waals surface area contributed by atoms with E-state index >= 15 is 0 Å². The lowest BCUT2D eigenvalue weighted by Crippen LogP contribution is -2.50. The molecular formula is C44H56N4O7. The SMILES string of the molecule is CC(C)(CCN(Cc1ccccc1)Cc1ccccc1)CNC[C@@H](O)[C@H](Cc1ccccc1)NC(=O)O[C@H]1CO[C@H]2OCC[C@H]21.Cc1cccc([N+](=O)[O-])c1. The van der Waals surface area contributed by atoms with Crippen molar-refractivity contribution >= 4 is 11.8 Å². The van der Waals surface area contributed by atoms with Crippen molar-refractivity contribution in [3.63, 3.8) is 0 Å². The molecular weight excluding hydrogens is 697 g/mol. The van der Waals surface area contributed by atoms with Crippen LogP contribution in [0.15, 0.2) is 115 Å². The highest BCUT2D eigenvalue weighted by Crippen LogP contribution is 2.33. The number of carbonyl (C=O) groups is 1. The zero-order valence-electron chi connectivity index (χ0n) is 32.2. The fourth-order valence-corrected chi connectivity index (χ4v) is 6.91. The summed E-state index contributed by atoms with van der Waals surface area (Å²) >= 11 is 0. The number of fused-ring (bicyclic) bond motifs is 1. The van der Waals surface area contributed by atoms with Gasteiger partial charge in [-0.25, -0.2) is 4.79 Å². The number of nitro groups is 1. The summed E-state index contributed by atoms with van der Waals surface area (Å²) < 4.78 is 16.9. The fraction of sp³-hybridized carbons (Fsp3) is 0.432.